The monoisotopic (exact) mass is 469 g/mol. The van der Waals surface area contributed by atoms with Gasteiger partial charge in [-0.15, -0.1) is 0 Å². The van der Waals surface area contributed by atoms with Gasteiger partial charge in [-0.05, 0) is 36.8 Å². The largest absolute Gasteiger partial charge is 0.507 e. The SMILES string of the molecule is COCCCN1C(=O)C(=O)C(=C(O)c2ccc3c(c2)OCCO3)C1c1ccc(OC)cc1OC. The molecule has 1 unspecified atom stereocenters. The molecule has 9 heteroatoms. The molecule has 9 nitrogen and oxygen atoms in total. The van der Waals surface area contributed by atoms with Crippen molar-refractivity contribution in [3.05, 3.63) is 53.1 Å². The number of hydrogen-bond donors (Lipinski definition) is 1. The Morgan fingerprint density at radius 3 is 2.50 bits per heavy atom. The maximum Gasteiger partial charge on any atom is 0.295 e. The van der Waals surface area contributed by atoms with Crippen LogP contribution >= 0.6 is 0 Å². The molecule has 180 valence electrons. The van der Waals surface area contributed by atoms with Gasteiger partial charge in [0, 0.05) is 37.5 Å². The van der Waals surface area contributed by atoms with Gasteiger partial charge in [0.15, 0.2) is 11.5 Å². The molecule has 2 aromatic rings. The highest BCUT2D eigenvalue weighted by Gasteiger charge is 2.47. The Morgan fingerprint density at radius 2 is 1.79 bits per heavy atom. The molecule has 4 rings (SSSR count). The summed E-state index contributed by atoms with van der Waals surface area (Å²) in [4.78, 5) is 27.7. The van der Waals surface area contributed by atoms with E-state index in [1.807, 2.05) is 0 Å². The minimum Gasteiger partial charge on any atom is -0.507 e. The third-order valence-electron chi connectivity index (χ3n) is 5.84. The number of ketones is 1. The molecule has 1 atom stereocenters. The van der Waals surface area contributed by atoms with Gasteiger partial charge in [0.25, 0.3) is 11.7 Å². The molecule has 2 heterocycles. The number of methoxy groups -OCH3 is 3. The van der Waals surface area contributed by atoms with Crippen LogP contribution in [0.25, 0.3) is 5.76 Å². The van der Waals surface area contributed by atoms with Crippen molar-refractivity contribution in [3.63, 3.8) is 0 Å². The number of rotatable bonds is 8. The van der Waals surface area contributed by atoms with Crippen LogP contribution in [0.4, 0.5) is 0 Å². The molecular weight excluding hydrogens is 442 g/mol. The van der Waals surface area contributed by atoms with Crippen molar-refractivity contribution >= 4 is 17.4 Å². The molecular formula is C25H27NO8. The second-order valence-electron chi connectivity index (χ2n) is 7.81. The lowest BCUT2D eigenvalue weighted by Crippen LogP contribution is -2.31. The van der Waals surface area contributed by atoms with Gasteiger partial charge in [-0.1, -0.05) is 0 Å². The number of aliphatic hydroxyl groups excluding tert-OH is 1. The van der Waals surface area contributed by atoms with Crippen LogP contribution in [0.5, 0.6) is 23.0 Å². The first-order valence-electron chi connectivity index (χ1n) is 10.9. The molecule has 0 saturated carbocycles. The number of Topliss-reactive ketones (excluding diaryl/α,β-unsaturated/α-hetero) is 1. The highest BCUT2D eigenvalue weighted by atomic mass is 16.6. The Hall–Kier alpha value is -3.72. The van der Waals surface area contributed by atoms with E-state index >= 15 is 0 Å². The highest BCUT2D eigenvalue weighted by molar-refractivity contribution is 6.46. The van der Waals surface area contributed by atoms with Crippen LogP contribution in [0.3, 0.4) is 0 Å². The van der Waals surface area contributed by atoms with E-state index in [-0.39, 0.29) is 17.9 Å². The second-order valence-corrected chi connectivity index (χ2v) is 7.81. The lowest BCUT2D eigenvalue weighted by Gasteiger charge is -2.27. The zero-order valence-electron chi connectivity index (χ0n) is 19.3. The van der Waals surface area contributed by atoms with Crippen LogP contribution in [0, 0.1) is 0 Å². The fourth-order valence-corrected chi connectivity index (χ4v) is 4.20. The van der Waals surface area contributed by atoms with Crippen LogP contribution < -0.4 is 18.9 Å². The Bertz CT molecular complexity index is 1130. The Kier molecular flexibility index (Phi) is 6.93. The molecule has 0 bridgehead atoms. The lowest BCUT2D eigenvalue weighted by atomic mass is 9.94. The van der Waals surface area contributed by atoms with E-state index in [1.165, 1.54) is 19.1 Å². The number of fused-ring (bicyclic) bond motifs is 1. The fraction of sp³-hybridized carbons (Fsp3) is 0.360. The third kappa shape index (κ3) is 4.26. The number of benzene rings is 2. The summed E-state index contributed by atoms with van der Waals surface area (Å²) >= 11 is 0. The standard InChI is InChI=1S/C25H27NO8/c1-30-10-4-9-26-22(17-7-6-16(31-2)14-19(17)32-3)21(24(28)25(26)29)23(27)15-5-8-18-20(13-15)34-12-11-33-18/h5-8,13-14,22,27H,4,9-12H2,1-3H3. The molecule has 2 aliphatic heterocycles. The molecule has 1 fully saturated rings. The van der Waals surface area contributed by atoms with E-state index in [9.17, 15) is 14.7 Å². The topological polar surface area (TPSA) is 104 Å². The smallest absolute Gasteiger partial charge is 0.295 e. The van der Waals surface area contributed by atoms with E-state index in [0.717, 1.165) is 0 Å². The van der Waals surface area contributed by atoms with Crippen LogP contribution in [-0.2, 0) is 14.3 Å². The summed E-state index contributed by atoms with van der Waals surface area (Å²) in [6.07, 6.45) is 0.516. The van der Waals surface area contributed by atoms with Gasteiger partial charge in [0.2, 0.25) is 0 Å². The number of hydrogen-bond acceptors (Lipinski definition) is 8. The van der Waals surface area contributed by atoms with Crippen molar-refractivity contribution in [2.75, 3.05) is 47.7 Å². The number of aliphatic hydroxyl groups is 1. The molecule has 34 heavy (non-hydrogen) atoms. The van der Waals surface area contributed by atoms with Gasteiger partial charge in [-0.3, -0.25) is 9.59 Å². The molecule has 2 aliphatic rings. The lowest BCUT2D eigenvalue weighted by molar-refractivity contribution is -0.140. The second kappa shape index (κ2) is 10.0. The average molecular weight is 469 g/mol. The third-order valence-corrected chi connectivity index (χ3v) is 5.84. The average Bonchev–Trinajstić information content (AvgIpc) is 3.12. The van der Waals surface area contributed by atoms with Crippen molar-refractivity contribution in [2.24, 2.45) is 0 Å². The van der Waals surface area contributed by atoms with Gasteiger partial charge in [-0.2, -0.15) is 0 Å². The molecule has 0 radical (unpaired) electrons. The van der Waals surface area contributed by atoms with Crippen LogP contribution in [0.1, 0.15) is 23.6 Å². The molecule has 0 spiro atoms. The molecule has 0 aliphatic carbocycles. The normalized spacial score (nSPS) is 18.8. The number of nitrogens with zero attached hydrogens (tertiary/aromatic N) is 1. The number of carbonyl (C=O) groups is 2. The van der Waals surface area contributed by atoms with Gasteiger partial charge in [-0.25, -0.2) is 0 Å². The van der Waals surface area contributed by atoms with E-state index in [0.29, 0.717) is 60.4 Å². The van der Waals surface area contributed by atoms with Crippen LogP contribution in [0.2, 0.25) is 0 Å². The first-order chi connectivity index (χ1) is 16.5. The maximum absolute atomic E-state index is 13.2. The van der Waals surface area contributed by atoms with Crippen LogP contribution in [0.15, 0.2) is 42.0 Å². The summed E-state index contributed by atoms with van der Waals surface area (Å²) in [6, 6.07) is 9.17. The zero-order valence-corrected chi connectivity index (χ0v) is 19.3. The summed E-state index contributed by atoms with van der Waals surface area (Å²) in [5.41, 5.74) is 0.873. The molecule has 1 saturated heterocycles. The number of amides is 1. The summed E-state index contributed by atoms with van der Waals surface area (Å²) in [5, 5.41) is 11.3. The van der Waals surface area contributed by atoms with E-state index < -0.39 is 17.7 Å². The van der Waals surface area contributed by atoms with Crippen molar-refractivity contribution in [2.45, 2.75) is 12.5 Å². The first kappa shape index (κ1) is 23.4. The van der Waals surface area contributed by atoms with Crippen molar-refractivity contribution in [1.82, 2.24) is 4.90 Å². The summed E-state index contributed by atoms with van der Waals surface area (Å²) in [5.74, 6) is 0.234. The number of ether oxygens (including phenoxy) is 5. The molecule has 1 N–H and O–H groups in total. The summed E-state index contributed by atoms with van der Waals surface area (Å²) in [6.45, 7) is 1.49. The first-order valence-corrected chi connectivity index (χ1v) is 10.9. The van der Waals surface area contributed by atoms with E-state index in [2.05, 4.69) is 0 Å². The Balaban J connectivity index is 1.85. The Morgan fingerprint density at radius 1 is 1.03 bits per heavy atom. The van der Waals surface area contributed by atoms with E-state index in [1.54, 1.807) is 43.5 Å². The molecule has 0 aromatic heterocycles. The van der Waals surface area contributed by atoms with Crippen LogP contribution in [-0.4, -0.2) is 69.4 Å². The van der Waals surface area contributed by atoms with Crippen molar-refractivity contribution in [1.29, 1.82) is 0 Å². The number of carbonyl (C=O) groups excluding carboxylic acids is 2. The summed E-state index contributed by atoms with van der Waals surface area (Å²) in [7, 11) is 4.60. The maximum atomic E-state index is 13.2. The predicted molar refractivity (Wildman–Crippen MR) is 122 cm³/mol. The molecule has 2 aromatic carbocycles. The number of likely N-dealkylation sites (tertiary alicyclic amines) is 1. The predicted octanol–water partition coefficient (Wildman–Crippen LogP) is 2.93. The minimum absolute atomic E-state index is 0.0254. The van der Waals surface area contributed by atoms with Crippen molar-refractivity contribution in [3.8, 4) is 23.0 Å². The highest BCUT2D eigenvalue weighted by Crippen LogP contribution is 2.44. The van der Waals surface area contributed by atoms with Gasteiger partial charge in [0.1, 0.15) is 30.5 Å². The van der Waals surface area contributed by atoms with Gasteiger partial charge >= 0.3 is 0 Å². The van der Waals surface area contributed by atoms with Gasteiger partial charge < -0.3 is 33.7 Å². The van der Waals surface area contributed by atoms with Gasteiger partial charge in [0.05, 0.1) is 25.8 Å². The molecule has 1 amide bonds. The van der Waals surface area contributed by atoms with E-state index in [4.69, 9.17) is 23.7 Å². The quantitative estimate of drug-likeness (QED) is 0.272. The summed E-state index contributed by atoms with van der Waals surface area (Å²) < 4.78 is 27.1. The zero-order chi connectivity index (χ0) is 24.2. The Labute approximate surface area is 197 Å². The fourth-order valence-electron chi connectivity index (χ4n) is 4.20. The van der Waals surface area contributed by atoms with Crippen molar-refractivity contribution < 1.29 is 38.4 Å². The minimum atomic E-state index is -0.856.